The number of aromatic nitrogens is 2. The van der Waals surface area contributed by atoms with E-state index >= 15 is 0 Å². The molecule has 1 fully saturated rings. The van der Waals surface area contributed by atoms with Crippen molar-refractivity contribution in [3.63, 3.8) is 0 Å². The summed E-state index contributed by atoms with van der Waals surface area (Å²) >= 11 is 0. The van der Waals surface area contributed by atoms with Crippen LogP contribution in [0.3, 0.4) is 0 Å². The Hall–Kier alpha value is -2.95. The molecule has 3 atom stereocenters. The number of H-pyrrole nitrogens is 1. The molecule has 1 aliphatic heterocycles. The highest BCUT2D eigenvalue weighted by atomic mass is 16.4. The molecule has 11 nitrogen and oxygen atoms in total. The van der Waals surface area contributed by atoms with Crippen LogP contribution in [0, 0.1) is 5.92 Å². The Morgan fingerprint density at radius 1 is 1.38 bits per heavy atom. The monoisotopic (exact) mass is 408 g/mol. The molecule has 1 aromatic heterocycles. The molecule has 11 heteroatoms. The number of hydrogen-bond donors (Lipinski definition) is 5. The first-order chi connectivity index (χ1) is 13.7. The summed E-state index contributed by atoms with van der Waals surface area (Å²) in [5, 5.41) is 14.4. The predicted octanol–water partition coefficient (Wildman–Crippen LogP) is -1.39. The van der Waals surface area contributed by atoms with E-state index in [4.69, 9.17) is 5.73 Å². The molecule has 1 aliphatic rings. The Balaban J connectivity index is 2.04. The van der Waals surface area contributed by atoms with E-state index < -0.39 is 41.8 Å². The minimum absolute atomic E-state index is 0.0871. The number of rotatable bonds is 9. The van der Waals surface area contributed by atoms with Crippen LogP contribution in [-0.4, -0.2) is 74.9 Å². The Morgan fingerprint density at radius 3 is 2.69 bits per heavy atom. The molecule has 2 heterocycles. The lowest BCUT2D eigenvalue weighted by molar-refractivity contribution is -0.149. The van der Waals surface area contributed by atoms with Gasteiger partial charge >= 0.3 is 5.97 Å². The van der Waals surface area contributed by atoms with Crippen LogP contribution in [0.5, 0.6) is 0 Å². The van der Waals surface area contributed by atoms with Gasteiger partial charge in [-0.25, -0.2) is 9.78 Å². The van der Waals surface area contributed by atoms with Crippen LogP contribution >= 0.6 is 0 Å². The Labute approximate surface area is 168 Å². The number of carboxylic acid groups (broad SMARTS) is 1. The minimum atomic E-state index is -1.07. The largest absolute Gasteiger partial charge is 0.480 e. The minimum Gasteiger partial charge on any atom is -0.480 e. The zero-order valence-corrected chi connectivity index (χ0v) is 16.6. The van der Waals surface area contributed by atoms with Crippen LogP contribution in [0.4, 0.5) is 0 Å². The van der Waals surface area contributed by atoms with E-state index in [1.54, 1.807) is 13.8 Å². The molecule has 1 aromatic rings. The van der Waals surface area contributed by atoms with E-state index in [0.29, 0.717) is 25.1 Å². The highest BCUT2D eigenvalue weighted by molar-refractivity contribution is 5.93. The van der Waals surface area contributed by atoms with Gasteiger partial charge in [-0.1, -0.05) is 13.8 Å². The van der Waals surface area contributed by atoms with Gasteiger partial charge in [0.2, 0.25) is 17.7 Å². The van der Waals surface area contributed by atoms with Crippen molar-refractivity contribution in [2.75, 3.05) is 13.1 Å². The first-order valence-corrected chi connectivity index (χ1v) is 9.54. The molecule has 0 bridgehead atoms. The van der Waals surface area contributed by atoms with Gasteiger partial charge in [0.1, 0.15) is 12.1 Å². The van der Waals surface area contributed by atoms with Gasteiger partial charge in [0.05, 0.1) is 18.9 Å². The van der Waals surface area contributed by atoms with Crippen molar-refractivity contribution in [3.05, 3.63) is 18.2 Å². The summed E-state index contributed by atoms with van der Waals surface area (Å²) in [6.45, 7) is 3.55. The highest BCUT2D eigenvalue weighted by Crippen LogP contribution is 2.19. The lowest BCUT2D eigenvalue weighted by Gasteiger charge is -2.27. The average Bonchev–Trinajstić information content (AvgIpc) is 3.35. The number of carbonyl (C=O) groups excluding carboxylic acids is 3. The Bertz CT molecular complexity index is 735. The number of nitrogens with one attached hydrogen (secondary N) is 3. The summed E-state index contributed by atoms with van der Waals surface area (Å²) in [4.78, 5) is 56.7. The first-order valence-electron chi connectivity index (χ1n) is 9.54. The van der Waals surface area contributed by atoms with Gasteiger partial charge < -0.3 is 31.4 Å². The Morgan fingerprint density at radius 2 is 2.10 bits per heavy atom. The number of likely N-dealkylation sites (tertiary alicyclic amines) is 1. The molecule has 0 saturated carbocycles. The van der Waals surface area contributed by atoms with E-state index in [9.17, 15) is 24.3 Å². The normalized spacial score (nSPS) is 18.3. The molecule has 0 radical (unpaired) electrons. The molecule has 6 N–H and O–H groups in total. The highest BCUT2D eigenvalue weighted by Gasteiger charge is 2.37. The quantitative estimate of drug-likeness (QED) is 0.335. The molecule has 0 aliphatic carbocycles. The van der Waals surface area contributed by atoms with Crippen molar-refractivity contribution in [1.82, 2.24) is 25.5 Å². The first kappa shape index (κ1) is 22.3. The van der Waals surface area contributed by atoms with Gasteiger partial charge in [0.25, 0.3) is 0 Å². The van der Waals surface area contributed by atoms with Gasteiger partial charge in [-0.3, -0.25) is 14.4 Å². The number of nitrogens with two attached hydrogens (primary N) is 1. The van der Waals surface area contributed by atoms with Crippen molar-refractivity contribution in [3.8, 4) is 0 Å². The maximum absolute atomic E-state index is 13.0. The second kappa shape index (κ2) is 10.0. The van der Waals surface area contributed by atoms with E-state index in [-0.39, 0.29) is 18.9 Å². The van der Waals surface area contributed by atoms with Gasteiger partial charge in [0.15, 0.2) is 0 Å². The predicted molar refractivity (Wildman–Crippen MR) is 102 cm³/mol. The molecule has 1 saturated heterocycles. The number of carbonyl (C=O) groups is 4. The molecule has 3 unspecified atom stereocenters. The third kappa shape index (κ3) is 6.01. The summed E-state index contributed by atoms with van der Waals surface area (Å²) in [5.74, 6) is -2.67. The molecule has 2 rings (SSSR count). The molecule has 0 spiro atoms. The summed E-state index contributed by atoms with van der Waals surface area (Å²) in [5.41, 5.74) is 6.35. The van der Waals surface area contributed by atoms with Crippen LogP contribution in [0.1, 0.15) is 32.4 Å². The fourth-order valence-electron chi connectivity index (χ4n) is 3.14. The lowest BCUT2D eigenvalue weighted by Crippen LogP contribution is -2.54. The van der Waals surface area contributed by atoms with Crippen molar-refractivity contribution < 1.29 is 24.3 Å². The lowest BCUT2D eigenvalue weighted by atomic mass is 10.1. The van der Waals surface area contributed by atoms with Crippen LogP contribution in [0.2, 0.25) is 0 Å². The van der Waals surface area contributed by atoms with Crippen LogP contribution in [0.25, 0.3) is 0 Å². The van der Waals surface area contributed by atoms with Crippen molar-refractivity contribution in [1.29, 1.82) is 0 Å². The molecular formula is C18H28N6O5. The third-order valence-electron chi connectivity index (χ3n) is 4.88. The summed E-state index contributed by atoms with van der Waals surface area (Å²) in [6.07, 6.45) is 4.04. The van der Waals surface area contributed by atoms with Gasteiger partial charge in [0, 0.05) is 24.9 Å². The SMILES string of the molecule is CC(C)C(N)C(=O)NCC(=O)NC(Cc1cnc[nH]1)C(=O)N1CCCC1C(=O)O. The standard InChI is InChI=1S/C18H28N6O5/c1-10(2)15(19)16(26)21-8-14(25)23-12(6-11-7-20-9-22-11)17(27)24-5-3-4-13(24)18(28)29/h7,9-10,12-13,15H,3-6,8,19H2,1-2H3,(H,20,22)(H,21,26)(H,23,25)(H,28,29). The summed E-state index contributed by atoms with van der Waals surface area (Å²) in [6, 6.07) is -2.64. The third-order valence-corrected chi connectivity index (χ3v) is 4.88. The number of imidazole rings is 1. The maximum atomic E-state index is 13.0. The van der Waals surface area contributed by atoms with Crippen molar-refractivity contribution >= 4 is 23.7 Å². The summed E-state index contributed by atoms with van der Waals surface area (Å²) < 4.78 is 0. The number of nitrogens with zero attached hydrogens (tertiary/aromatic N) is 2. The number of aliphatic carboxylic acids is 1. The topological polar surface area (TPSA) is 171 Å². The maximum Gasteiger partial charge on any atom is 0.326 e. The molecule has 29 heavy (non-hydrogen) atoms. The molecule has 3 amide bonds. The average molecular weight is 408 g/mol. The zero-order chi connectivity index (χ0) is 21.6. The number of carboxylic acids is 1. The number of aromatic amines is 1. The fraction of sp³-hybridized carbons (Fsp3) is 0.611. The fourth-order valence-corrected chi connectivity index (χ4v) is 3.14. The van der Waals surface area contributed by atoms with Gasteiger partial charge in [-0.15, -0.1) is 0 Å². The second-order valence-electron chi connectivity index (χ2n) is 7.42. The molecular weight excluding hydrogens is 380 g/mol. The van der Waals surface area contributed by atoms with E-state index in [2.05, 4.69) is 20.6 Å². The molecule has 0 aromatic carbocycles. The molecule has 160 valence electrons. The number of hydrogen-bond acceptors (Lipinski definition) is 6. The summed E-state index contributed by atoms with van der Waals surface area (Å²) in [7, 11) is 0. The smallest absolute Gasteiger partial charge is 0.326 e. The van der Waals surface area contributed by atoms with Gasteiger partial charge in [-0.2, -0.15) is 0 Å². The van der Waals surface area contributed by atoms with Crippen LogP contribution in [0.15, 0.2) is 12.5 Å². The van der Waals surface area contributed by atoms with Crippen LogP contribution < -0.4 is 16.4 Å². The van der Waals surface area contributed by atoms with E-state index in [0.717, 1.165) is 0 Å². The second-order valence-corrected chi connectivity index (χ2v) is 7.42. The zero-order valence-electron chi connectivity index (χ0n) is 16.6. The number of amides is 3. The van der Waals surface area contributed by atoms with Gasteiger partial charge in [-0.05, 0) is 18.8 Å². The Kier molecular flexibility index (Phi) is 7.71. The van der Waals surface area contributed by atoms with E-state index in [1.807, 2.05) is 0 Å². The van der Waals surface area contributed by atoms with Crippen LogP contribution in [-0.2, 0) is 25.6 Å². The van der Waals surface area contributed by atoms with Crippen molar-refractivity contribution in [2.24, 2.45) is 11.7 Å². The van der Waals surface area contributed by atoms with Crippen molar-refractivity contribution in [2.45, 2.75) is 51.2 Å². The van der Waals surface area contributed by atoms with E-state index in [1.165, 1.54) is 17.4 Å².